The Morgan fingerprint density at radius 1 is 0.704 bits per heavy atom. The Balaban J connectivity index is 2.53. The average Bonchev–Trinajstić information content (AvgIpc) is 2.53. The third-order valence-electron chi connectivity index (χ3n) is 3.93. The molecule has 2 aromatic carbocycles. The van der Waals surface area contributed by atoms with Crippen molar-refractivity contribution in [2.24, 2.45) is 0 Å². The van der Waals surface area contributed by atoms with Gasteiger partial charge in [0, 0.05) is 19.3 Å². The van der Waals surface area contributed by atoms with E-state index in [9.17, 15) is 9.59 Å². The SMILES string of the molecule is CC(=O)Oc1c(Cl)cc(C(C)(C)c2cc(Cl)c(OC(C)=O)c(Cl)c2)cc1Cl. The number of hydrogen-bond acceptors (Lipinski definition) is 4. The van der Waals surface area contributed by atoms with Gasteiger partial charge in [0.2, 0.25) is 0 Å². The first-order valence-corrected chi connectivity index (χ1v) is 9.30. The predicted octanol–water partition coefficient (Wildman–Crippen LogP) is 6.48. The summed E-state index contributed by atoms with van der Waals surface area (Å²) in [5.74, 6) is -0.839. The highest BCUT2D eigenvalue weighted by molar-refractivity contribution is 6.38. The molecule has 0 radical (unpaired) electrons. The summed E-state index contributed by atoms with van der Waals surface area (Å²) in [6.45, 7) is 6.38. The zero-order valence-corrected chi connectivity index (χ0v) is 18.0. The minimum Gasteiger partial charge on any atom is -0.424 e. The molecule has 0 bridgehead atoms. The Bertz CT molecular complexity index is 802. The molecule has 0 saturated heterocycles. The molecule has 0 atom stereocenters. The lowest BCUT2D eigenvalue weighted by atomic mass is 9.78. The van der Waals surface area contributed by atoms with Gasteiger partial charge in [-0.2, -0.15) is 0 Å². The fourth-order valence-electron chi connectivity index (χ4n) is 2.49. The van der Waals surface area contributed by atoms with Crippen molar-refractivity contribution >= 4 is 58.3 Å². The lowest BCUT2D eigenvalue weighted by molar-refractivity contribution is -0.132. The summed E-state index contributed by atoms with van der Waals surface area (Å²) in [5, 5.41) is 0.813. The number of carbonyl (C=O) groups is 2. The van der Waals surface area contributed by atoms with E-state index in [0.29, 0.717) is 0 Å². The van der Waals surface area contributed by atoms with Crippen LogP contribution in [0.3, 0.4) is 0 Å². The lowest BCUT2D eigenvalue weighted by Gasteiger charge is -2.28. The van der Waals surface area contributed by atoms with Gasteiger partial charge in [-0.3, -0.25) is 9.59 Å². The number of carbonyl (C=O) groups excluding carboxylic acids is 2. The van der Waals surface area contributed by atoms with Gasteiger partial charge in [0.1, 0.15) is 0 Å². The Kier molecular flexibility index (Phi) is 6.69. The van der Waals surface area contributed by atoms with Crippen molar-refractivity contribution in [2.75, 3.05) is 0 Å². The zero-order valence-electron chi connectivity index (χ0n) is 15.0. The van der Waals surface area contributed by atoms with Gasteiger partial charge in [-0.05, 0) is 35.4 Å². The van der Waals surface area contributed by atoms with Crippen molar-refractivity contribution in [1.29, 1.82) is 0 Å². The fourth-order valence-corrected chi connectivity index (χ4v) is 3.62. The molecule has 27 heavy (non-hydrogen) atoms. The van der Waals surface area contributed by atoms with Crippen LogP contribution in [0.25, 0.3) is 0 Å². The molecule has 2 rings (SSSR count). The molecule has 0 saturated carbocycles. The second kappa shape index (κ2) is 8.27. The van der Waals surface area contributed by atoms with E-state index >= 15 is 0 Å². The minimum atomic E-state index is -0.607. The smallest absolute Gasteiger partial charge is 0.308 e. The van der Waals surface area contributed by atoms with Crippen molar-refractivity contribution in [2.45, 2.75) is 33.1 Å². The van der Waals surface area contributed by atoms with Gasteiger partial charge in [-0.1, -0.05) is 60.3 Å². The first kappa shape index (κ1) is 21.8. The van der Waals surface area contributed by atoms with Gasteiger partial charge in [-0.15, -0.1) is 0 Å². The van der Waals surface area contributed by atoms with Crippen molar-refractivity contribution in [3.8, 4) is 11.5 Å². The van der Waals surface area contributed by atoms with Gasteiger partial charge in [0.05, 0.1) is 20.1 Å². The molecule has 0 aliphatic carbocycles. The summed E-state index contributed by atoms with van der Waals surface area (Å²) in [6, 6.07) is 6.64. The van der Waals surface area contributed by atoms with Gasteiger partial charge in [0.25, 0.3) is 0 Å². The van der Waals surface area contributed by atoms with E-state index in [4.69, 9.17) is 55.9 Å². The van der Waals surface area contributed by atoms with Crippen LogP contribution >= 0.6 is 46.4 Å². The molecular weight excluding hydrogens is 434 g/mol. The summed E-state index contributed by atoms with van der Waals surface area (Å²) in [5.41, 5.74) is 0.894. The average molecular weight is 450 g/mol. The molecule has 0 aliphatic rings. The molecule has 0 amide bonds. The standard InChI is InChI=1S/C19H16Cl4O4/c1-9(24)26-17-13(20)5-11(6-14(17)21)19(3,4)12-7-15(22)18(16(23)8-12)27-10(2)25/h5-8H,1-4H3. The van der Waals surface area contributed by atoms with Crippen molar-refractivity contribution < 1.29 is 19.1 Å². The van der Waals surface area contributed by atoms with Gasteiger partial charge in [0.15, 0.2) is 11.5 Å². The van der Waals surface area contributed by atoms with Gasteiger partial charge >= 0.3 is 11.9 Å². The molecule has 2 aromatic rings. The van der Waals surface area contributed by atoms with E-state index in [1.165, 1.54) is 13.8 Å². The molecular formula is C19H16Cl4O4. The quantitative estimate of drug-likeness (QED) is 0.396. The van der Waals surface area contributed by atoms with E-state index in [0.717, 1.165) is 11.1 Å². The summed E-state index contributed by atoms with van der Waals surface area (Å²) >= 11 is 25.0. The van der Waals surface area contributed by atoms with E-state index < -0.39 is 17.4 Å². The minimum absolute atomic E-state index is 0.103. The second-order valence-electron chi connectivity index (χ2n) is 6.35. The third kappa shape index (κ3) is 4.88. The summed E-state index contributed by atoms with van der Waals surface area (Å²) in [7, 11) is 0. The molecule has 144 valence electrons. The molecule has 0 unspecified atom stereocenters. The molecule has 0 aromatic heterocycles. The Labute approximate surface area is 177 Å². The molecule has 4 nitrogen and oxygen atoms in total. The Hall–Kier alpha value is -1.46. The van der Waals surface area contributed by atoms with Gasteiger partial charge in [-0.25, -0.2) is 0 Å². The summed E-state index contributed by atoms with van der Waals surface area (Å²) in [6.07, 6.45) is 0. The molecule has 8 heteroatoms. The van der Waals surface area contributed by atoms with Crippen molar-refractivity contribution in [3.05, 3.63) is 55.5 Å². The highest BCUT2D eigenvalue weighted by atomic mass is 35.5. The molecule has 0 fully saturated rings. The van der Waals surface area contributed by atoms with Crippen LogP contribution in [0.2, 0.25) is 20.1 Å². The van der Waals surface area contributed by atoms with Crippen LogP contribution in [0.4, 0.5) is 0 Å². The van der Waals surface area contributed by atoms with E-state index in [2.05, 4.69) is 0 Å². The maximum Gasteiger partial charge on any atom is 0.308 e. The van der Waals surface area contributed by atoms with Crippen molar-refractivity contribution in [1.82, 2.24) is 0 Å². The monoisotopic (exact) mass is 448 g/mol. The van der Waals surface area contributed by atoms with Crippen LogP contribution in [-0.2, 0) is 15.0 Å². The maximum absolute atomic E-state index is 11.2. The van der Waals surface area contributed by atoms with Crippen LogP contribution in [0.1, 0.15) is 38.8 Å². The van der Waals surface area contributed by atoms with Crippen LogP contribution in [0.5, 0.6) is 11.5 Å². The fraction of sp³-hybridized carbons (Fsp3) is 0.263. The van der Waals surface area contributed by atoms with Crippen molar-refractivity contribution in [3.63, 3.8) is 0 Å². The Morgan fingerprint density at radius 2 is 0.963 bits per heavy atom. The maximum atomic E-state index is 11.2. The van der Waals surface area contributed by atoms with Crippen LogP contribution < -0.4 is 9.47 Å². The number of benzene rings is 2. The zero-order chi connectivity index (χ0) is 20.5. The molecule has 0 N–H and O–H groups in total. The number of ether oxygens (including phenoxy) is 2. The molecule has 0 aliphatic heterocycles. The van der Waals surface area contributed by atoms with E-state index in [1.54, 1.807) is 24.3 Å². The Morgan fingerprint density at radius 3 is 1.19 bits per heavy atom. The normalized spacial score (nSPS) is 11.3. The highest BCUT2D eigenvalue weighted by Crippen LogP contribution is 2.43. The topological polar surface area (TPSA) is 52.6 Å². The third-order valence-corrected chi connectivity index (χ3v) is 5.05. The summed E-state index contributed by atoms with van der Waals surface area (Å²) in [4.78, 5) is 22.4. The number of rotatable bonds is 4. The second-order valence-corrected chi connectivity index (χ2v) is 7.98. The van der Waals surface area contributed by atoms with Crippen LogP contribution in [-0.4, -0.2) is 11.9 Å². The van der Waals surface area contributed by atoms with Gasteiger partial charge < -0.3 is 9.47 Å². The largest absolute Gasteiger partial charge is 0.424 e. The number of esters is 2. The molecule has 0 spiro atoms. The van der Waals surface area contributed by atoms with Crippen LogP contribution in [0, 0.1) is 0 Å². The lowest BCUT2D eigenvalue weighted by Crippen LogP contribution is -2.19. The van der Waals surface area contributed by atoms with E-state index in [1.807, 2.05) is 13.8 Å². The van der Waals surface area contributed by atoms with E-state index in [-0.39, 0.29) is 31.6 Å². The first-order chi connectivity index (χ1) is 12.4. The summed E-state index contributed by atoms with van der Waals surface area (Å²) < 4.78 is 10.1. The molecule has 0 heterocycles. The first-order valence-electron chi connectivity index (χ1n) is 7.79. The van der Waals surface area contributed by atoms with Crippen LogP contribution in [0.15, 0.2) is 24.3 Å². The predicted molar refractivity (Wildman–Crippen MR) is 108 cm³/mol. The number of halogens is 4. The highest BCUT2D eigenvalue weighted by Gasteiger charge is 2.28. The number of hydrogen-bond donors (Lipinski definition) is 0.